The van der Waals surface area contributed by atoms with Crippen LogP contribution in [-0.4, -0.2) is 38.4 Å². The molecule has 0 unspecified atom stereocenters. The van der Waals surface area contributed by atoms with Gasteiger partial charge in [0.2, 0.25) is 0 Å². The molecule has 1 saturated heterocycles. The maximum absolute atomic E-state index is 12.4. The molecule has 1 aliphatic rings. The number of rotatable bonds is 6. The van der Waals surface area contributed by atoms with Crippen LogP contribution in [0.15, 0.2) is 60.7 Å². The first-order valence-corrected chi connectivity index (χ1v) is 8.05. The van der Waals surface area contributed by atoms with Gasteiger partial charge in [-0.05, 0) is 17.7 Å². The molecule has 2 aromatic carbocycles. The molecule has 24 heavy (non-hydrogen) atoms. The van der Waals surface area contributed by atoms with Gasteiger partial charge in [-0.1, -0.05) is 48.5 Å². The summed E-state index contributed by atoms with van der Waals surface area (Å²) >= 11 is 0. The highest BCUT2D eigenvalue weighted by Gasteiger charge is 2.25. The zero-order valence-corrected chi connectivity index (χ0v) is 13.4. The van der Waals surface area contributed by atoms with Crippen molar-refractivity contribution in [1.82, 2.24) is 5.32 Å². The molecular formula is C19H21NO4. The van der Waals surface area contributed by atoms with Crippen molar-refractivity contribution in [2.45, 2.75) is 12.1 Å². The lowest BCUT2D eigenvalue weighted by Crippen LogP contribution is -2.45. The van der Waals surface area contributed by atoms with Gasteiger partial charge in [0, 0.05) is 0 Å². The number of hydrogen-bond acceptors (Lipinski definition) is 4. The van der Waals surface area contributed by atoms with E-state index >= 15 is 0 Å². The minimum atomic E-state index is -0.568. The molecule has 5 heteroatoms. The smallest absolute Gasteiger partial charge is 0.252 e. The molecule has 3 rings (SSSR count). The molecule has 0 aliphatic carbocycles. The van der Waals surface area contributed by atoms with Crippen LogP contribution in [0.1, 0.15) is 11.6 Å². The summed E-state index contributed by atoms with van der Waals surface area (Å²) in [5, 5.41) is 3.00. The Labute approximate surface area is 141 Å². The third-order valence-electron chi connectivity index (χ3n) is 3.79. The minimum Gasteiger partial charge on any atom is -0.491 e. The van der Waals surface area contributed by atoms with Crippen LogP contribution < -0.4 is 10.1 Å². The van der Waals surface area contributed by atoms with E-state index in [9.17, 15) is 4.79 Å². The fourth-order valence-electron chi connectivity index (χ4n) is 2.51. The van der Waals surface area contributed by atoms with E-state index in [1.807, 2.05) is 60.7 Å². The molecule has 1 N–H and O–H groups in total. The van der Waals surface area contributed by atoms with Crippen LogP contribution in [0.2, 0.25) is 0 Å². The van der Waals surface area contributed by atoms with Gasteiger partial charge in [0.1, 0.15) is 12.4 Å². The molecule has 2 atom stereocenters. The largest absolute Gasteiger partial charge is 0.491 e. The summed E-state index contributed by atoms with van der Waals surface area (Å²) in [6.07, 6.45) is -0.568. The topological polar surface area (TPSA) is 56.8 Å². The highest BCUT2D eigenvalue weighted by atomic mass is 16.6. The van der Waals surface area contributed by atoms with E-state index < -0.39 is 6.10 Å². The molecule has 1 aliphatic heterocycles. The van der Waals surface area contributed by atoms with Crippen LogP contribution in [-0.2, 0) is 14.3 Å². The molecule has 5 nitrogen and oxygen atoms in total. The average molecular weight is 327 g/mol. The first-order chi connectivity index (χ1) is 11.8. The molecular weight excluding hydrogens is 306 g/mol. The maximum atomic E-state index is 12.4. The predicted octanol–water partition coefficient (Wildman–Crippen LogP) is 2.34. The van der Waals surface area contributed by atoms with Crippen molar-refractivity contribution in [2.24, 2.45) is 0 Å². The van der Waals surface area contributed by atoms with Crippen molar-refractivity contribution >= 4 is 5.91 Å². The SMILES string of the molecule is O=C(N[C@H](COc1ccccc1)c1ccccc1)[C@H]1COCCO1. The number of para-hydroxylation sites is 1. The number of benzene rings is 2. The molecule has 0 aromatic heterocycles. The van der Waals surface area contributed by atoms with Gasteiger partial charge >= 0.3 is 0 Å². The number of amides is 1. The molecule has 0 saturated carbocycles. The number of ether oxygens (including phenoxy) is 3. The highest BCUT2D eigenvalue weighted by molar-refractivity contribution is 5.81. The van der Waals surface area contributed by atoms with Gasteiger partial charge in [-0.15, -0.1) is 0 Å². The maximum Gasteiger partial charge on any atom is 0.252 e. The van der Waals surface area contributed by atoms with Crippen molar-refractivity contribution in [3.63, 3.8) is 0 Å². The average Bonchev–Trinajstić information content (AvgIpc) is 2.67. The first-order valence-electron chi connectivity index (χ1n) is 8.05. The summed E-state index contributed by atoms with van der Waals surface area (Å²) in [5.74, 6) is 0.588. The van der Waals surface area contributed by atoms with E-state index in [0.29, 0.717) is 19.8 Å². The molecule has 2 aromatic rings. The van der Waals surface area contributed by atoms with Gasteiger partial charge in [-0.3, -0.25) is 4.79 Å². The Kier molecular flexibility index (Phi) is 5.82. The van der Waals surface area contributed by atoms with Gasteiger partial charge in [-0.25, -0.2) is 0 Å². The summed E-state index contributed by atoms with van der Waals surface area (Å²) in [6.45, 7) is 1.60. The van der Waals surface area contributed by atoms with Gasteiger partial charge in [0.05, 0.1) is 25.9 Å². The Morgan fingerprint density at radius 1 is 1.08 bits per heavy atom. The van der Waals surface area contributed by atoms with Crippen LogP contribution in [0.3, 0.4) is 0 Å². The fourth-order valence-corrected chi connectivity index (χ4v) is 2.51. The van der Waals surface area contributed by atoms with E-state index in [0.717, 1.165) is 11.3 Å². The summed E-state index contributed by atoms with van der Waals surface area (Å²) in [6, 6.07) is 19.1. The zero-order valence-electron chi connectivity index (χ0n) is 13.4. The number of carbonyl (C=O) groups excluding carboxylic acids is 1. The Balaban J connectivity index is 1.66. The molecule has 0 radical (unpaired) electrons. The van der Waals surface area contributed by atoms with Crippen LogP contribution in [0.4, 0.5) is 0 Å². The van der Waals surface area contributed by atoms with Crippen molar-refractivity contribution in [2.75, 3.05) is 26.4 Å². The van der Waals surface area contributed by atoms with Crippen LogP contribution in [0, 0.1) is 0 Å². The second-order valence-corrected chi connectivity index (χ2v) is 5.53. The third kappa shape index (κ3) is 4.57. The van der Waals surface area contributed by atoms with E-state index in [1.165, 1.54) is 0 Å². The van der Waals surface area contributed by atoms with Crippen molar-refractivity contribution in [3.8, 4) is 5.75 Å². The lowest BCUT2D eigenvalue weighted by atomic mass is 10.1. The second kappa shape index (κ2) is 8.47. The minimum absolute atomic E-state index is 0.180. The van der Waals surface area contributed by atoms with Gasteiger partial charge in [0.25, 0.3) is 5.91 Å². The summed E-state index contributed by atoms with van der Waals surface area (Å²) in [7, 11) is 0. The predicted molar refractivity (Wildman–Crippen MR) is 89.8 cm³/mol. The van der Waals surface area contributed by atoms with Gasteiger partial charge < -0.3 is 19.5 Å². The Bertz CT molecular complexity index is 626. The van der Waals surface area contributed by atoms with E-state index in [1.54, 1.807) is 0 Å². The van der Waals surface area contributed by atoms with Crippen LogP contribution in [0.5, 0.6) is 5.75 Å². The normalized spacial score (nSPS) is 18.6. The summed E-state index contributed by atoms with van der Waals surface area (Å²) in [5.41, 5.74) is 0.985. The van der Waals surface area contributed by atoms with Gasteiger partial charge in [-0.2, -0.15) is 0 Å². The fraction of sp³-hybridized carbons (Fsp3) is 0.316. The third-order valence-corrected chi connectivity index (χ3v) is 3.79. The zero-order chi connectivity index (χ0) is 16.6. The summed E-state index contributed by atoms with van der Waals surface area (Å²) < 4.78 is 16.6. The lowest BCUT2D eigenvalue weighted by molar-refractivity contribution is -0.148. The van der Waals surface area contributed by atoms with Crippen LogP contribution >= 0.6 is 0 Å². The second-order valence-electron chi connectivity index (χ2n) is 5.53. The first kappa shape index (κ1) is 16.5. The standard InChI is InChI=1S/C19H21NO4/c21-19(18-14-22-11-12-23-18)20-17(15-7-3-1-4-8-15)13-24-16-9-5-2-6-10-16/h1-10,17-18H,11-14H2,(H,20,21)/t17-,18-/m1/s1. The number of carbonyl (C=O) groups is 1. The Hall–Kier alpha value is -2.37. The van der Waals surface area contributed by atoms with E-state index in [-0.39, 0.29) is 18.6 Å². The number of nitrogens with one attached hydrogen (secondary N) is 1. The monoisotopic (exact) mass is 327 g/mol. The molecule has 1 heterocycles. The molecule has 1 amide bonds. The number of hydrogen-bond donors (Lipinski definition) is 1. The van der Waals surface area contributed by atoms with Crippen molar-refractivity contribution in [1.29, 1.82) is 0 Å². The molecule has 1 fully saturated rings. The van der Waals surface area contributed by atoms with Crippen molar-refractivity contribution in [3.05, 3.63) is 66.2 Å². The van der Waals surface area contributed by atoms with E-state index in [2.05, 4.69) is 5.32 Å². The molecule has 126 valence electrons. The quantitative estimate of drug-likeness (QED) is 0.885. The molecule has 0 spiro atoms. The summed E-state index contributed by atoms with van der Waals surface area (Å²) in [4.78, 5) is 12.4. The molecule has 0 bridgehead atoms. The van der Waals surface area contributed by atoms with E-state index in [4.69, 9.17) is 14.2 Å². The van der Waals surface area contributed by atoms with Crippen molar-refractivity contribution < 1.29 is 19.0 Å². The Morgan fingerprint density at radius 2 is 1.79 bits per heavy atom. The highest BCUT2D eigenvalue weighted by Crippen LogP contribution is 2.17. The lowest BCUT2D eigenvalue weighted by Gasteiger charge is -2.25. The Morgan fingerprint density at radius 3 is 2.46 bits per heavy atom. The van der Waals surface area contributed by atoms with Crippen LogP contribution in [0.25, 0.3) is 0 Å². The van der Waals surface area contributed by atoms with Gasteiger partial charge in [0.15, 0.2) is 6.10 Å².